The topological polar surface area (TPSA) is 115 Å². The first kappa shape index (κ1) is 24.5. The van der Waals surface area contributed by atoms with Crippen molar-refractivity contribution in [2.24, 2.45) is 11.8 Å². The lowest BCUT2D eigenvalue weighted by Gasteiger charge is -2.44. The second kappa shape index (κ2) is 11.2. The summed E-state index contributed by atoms with van der Waals surface area (Å²) in [6.07, 6.45) is 3.12. The highest BCUT2D eigenvalue weighted by Crippen LogP contribution is 2.35. The number of hydrogen-bond acceptors (Lipinski definition) is 5. The monoisotopic (exact) mass is 480 g/mol. The number of aromatic nitrogens is 2. The second-order valence-electron chi connectivity index (χ2n) is 9.16. The molecule has 3 fully saturated rings. The summed E-state index contributed by atoms with van der Waals surface area (Å²) in [5.74, 6) is 0.712. The molecule has 184 valence electrons. The minimum atomic E-state index is -0.299. The van der Waals surface area contributed by atoms with Crippen molar-refractivity contribution in [1.29, 1.82) is 0 Å². The van der Waals surface area contributed by atoms with E-state index in [0.29, 0.717) is 30.5 Å². The second-order valence-corrected chi connectivity index (χ2v) is 9.16. The highest BCUT2D eigenvalue weighted by molar-refractivity contribution is 6.06. The van der Waals surface area contributed by atoms with Gasteiger partial charge in [0.25, 0.3) is 6.47 Å². The molecule has 2 aromatic carbocycles. The number of aromatic amines is 1. The van der Waals surface area contributed by atoms with Gasteiger partial charge in [-0.3, -0.25) is 19.5 Å². The van der Waals surface area contributed by atoms with Crippen molar-refractivity contribution in [3.05, 3.63) is 65.1 Å². The maximum absolute atomic E-state index is 13.1. The van der Waals surface area contributed by atoms with E-state index in [9.17, 15) is 14.0 Å². The van der Waals surface area contributed by atoms with Crippen LogP contribution in [0.3, 0.4) is 0 Å². The van der Waals surface area contributed by atoms with Crippen LogP contribution < -0.4 is 5.32 Å². The molecule has 3 aliphatic rings. The summed E-state index contributed by atoms with van der Waals surface area (Å²) < 4.78 is 13.0. The molecular weight excluding hydrogens is 451 g/mol. The molecule has 1 aromatic heterocycles. The zero-order valence-electron chi connectivity index (χ0n) is 19.4. The summed E-state index contributed by atoms with van der Waals surface area (Å²) in [4.78, 5) is 36.3. The van der Waals surface area contributed by atoms with Crippen LogP contribution in [0, 0.1) is 17.7 Å². The predicted octanol–water partition coefficient (Wildman–Crippen LogP) is 3.18. The van der Waals surface area contributed by atoms with Crippen molar-refractivity contribution in [2.75, 3.05) is 19.6 Å². The van der Waals surface area contributed by atoms with Gasteiger partial charge in [-0.1, -0.05) is 18.2 Å². The van der Waals surface area contributed by atoms with Crippen molar-refractivity contribution >= 4 is 29.1 Å². The number of benzene rings is 2. The smallest absolute Gasteiger partial charge is 0.290 e. The average molecular weight is 481 g/mol. The Morgan fingerprint density at radius 1 is 1.14 bits per heavy atom. The third-order valence-corrected chi connectivity index (χ3v) is 6.90. The molecule has 35 heavy (non-hydrogen) atoms. The van der Waals surface area contributed by atoms with Crippen LogP contribution in [0.2, 0.25) is 0 Å². The van der Waals surface area contributed by atoms with Crippen molar-refractivity contribution in [1.82, 2.24) is 20.4 Å². The van der Waals surface area contributed by atoms with Gasteiger partial charge in [-0.05, 0) is 73.2 Å². The van der Waals surface area contributed by atoms with Gasteiger partial charge in [-0.2, -0.15) is 5.10 Å². The number of carbonyl (C=O) groups is 3. The molecule has 0 spiro atoms. The molecule has 3 N–H and O–H groups in total. The average Bonchev–Trinajstić information content (AvgIpc) is 3.28. The van der Waals surface area contributed by atoms with E-state index >= 15 is 0 Å². The largest absolute Gasteiger partial charge is 0.483 e. The molecule has 3 aromatic rings. The molecule has 1 amide bonds. The summed E-state index contributed by atoms with van der Waals surface area (Å²) in [5.41, 5.74) is 2.95. The first-order valence-corrected chi connectivity index (χ1v) is 11.8. The minimum absolute atomic E-state index is 0.0768. The Kier molecular flexibility index (Phi) is 7.87. The number of nitrogens with one attached hydrogen (secondary N) is 2. The standard InChI is InChI=1S/C25H27FN4O2.CH2O2/c26-20-4-1-16(2-5-20)14-27-24(32)12-17-3-6-22-21(11-17)25(29-28-22)23(31)13-19-15-30-9-7-18(19)8-10-30;2-1-3/h1-6,11,18-19H,7-10,12-15H2,(H,27,32)(H,28,29);1H,(H,2,3)/t19-;/m0./s1. The Bertz CT molecular complexity index is 1190. The number of rotatable bonds is 7. The van der Waals surface area contributed by atoms with Crippen molar-refractivity contribution in [3.8, 4) is 0 Å². The molecule has 9 heteroatoms. The lowest BCUT2D eigenvalue weighted by atomic mass is 9.76. The van der Waals surface area contributed by atoms with Gasteiger partial charge >= 0.3 is 0 Å². The zero-order valence-corrected chi connectivity index (χ0v) is 19.4. The number of H-pyrrole nitrogens is 1. The van der Waals surface area contributed by atoms with Crippen LogP contribution in [0.25, 0.3) is 10.9 Å². The van der Waals surface area contributed by atoms with Gasteiger partial charge in [0.1, 0.15) is 11.5 Å². The van der Waals surface area contributed by atoms with Gasteiger partial charge < -0.3 is 15.3 Å². The fraction of sp³-hybridized carbons (Fsp3) is 0.385. The Hall–Kier alpha value is -3.59. The van der Waals surface area contributed by atoms with Gasteiger partial charge in [-0.25, -0.2) is 4.39 Å². The number of nitrogens with zero attached hydrogens (tertiary/aromatic N) is 2. The van der Waals surface area contributed by atoms with Gasteiger partial charge in [0, 0.05) is 24.9 Å². The van der Waals surface area contributed by atoms with Gasteiger partial charge in [-0.15, -0.1) is 0 Å². The summed E-state index contributed by atoms with van der Waals surface area (Å²) in [6.45, 7) is 3.43. The fourth-order valence-corrected chi connectivity index (χ4v) is 5.09. The molecule has 6 rings (SSSR count). The normalized spacial score (nSPS) is 20.7. The molecule has 3 aliphatic heterocycles. The zero-order chi connectivity index (χ0) is 24.8. The minimum Gasteiger partial charge on any atom is -0.483 e. The third kappa shape index (κ3) is 6.10. The predicted molar refractivity (Wildman–Crippen MR) is 128 cm³/mol. The number of amides is 1. The number of hydrogen-bond donors (Lipinski definition) is 3. The number of piperidine rings is 3. The van der Waals surface area contributed by atoms with Crippen LogP contribution in [0.4, 0.5) is 4.39 Å². The van der Waals surface area contributed by atoms with E-state index < -0.39 is 0 Å². The summed E-state index contributed by atoms with van der Waals surface area (Å²) >= 11 is 0. The van der Waals surface area contributed by atoms with Crippen molar-refractivity contribution < 1.29 is 23.9 Å². The quantitative estimate of drug-likeness (QED) is 0.353. The molecule has 3 saturated heterocycles. The molecule has 0 unspecified atom stereocenters. The third-order valence-electron chi connectivity index (χ3n) is 6.90. The Morgan fingerprint density at radius 3 is 2.49 bits per heavy atom. The van der Waals surface area contributed by atoms with E-state index in [2.05, 4.69) is 20.4 Å². The van der Waals surface area contributed by atoms with Crippen LogP contribution in [0.1, 0.15) is 40.9 Å². The van der Waals surface area contributed by atoms with Crippen LogP contribution in [-0.2, 0) is 22.6 Å². The maximum atomic E-state index is 13.1. The summed E-state index contributed by atoms with van der Waals surface area (Å²) in [5, 5.41) is 17.8. The summed E-state index contributed by atoms with van der Waals surface area (Å²) in [6, 6.07) is 11.7. The molecule has 8 nitrogen and oxygen atoms in total. The lowest BCUT2D eigenvalue weighted by molar-refractivity contribution is -0.123. The van der Waals surface area contributed by atoms with Crippen LogP contribution in [0.15, 0.2) is 42.5 Å². The van der Waals surface area contributed by atoms with Crippen molar-refractivity contribution in [3.63, 3.8) is 0 Å². The fourth-order valence-electron chi connectivity index (χ4n) is 5.09. The SMILES string of the molecule is O=C(Cc1ccc2[nH]nc(C(=O)C[C@H]3CN4CCC3CC4)c2c1)NCc1ccc(F)cc1.O=CO. The molecule has 0 saturated carbocycles. The lowest BCUT2D eigenvalue weighted by Crippen LogP contribution is -2.47. The number of Topliss-reactive ketones (excluding diaryl/α,β-unsaturated/α-hetero) is 1. The molecule has 1 atom stereocenters. The Labute approximate surface area is 202 Å². The molecule has 4 heterocycles. The van der Waals surface area contributed by atoms with Crippen LogP contribution >= 0.6 is 0 Å². The Balaban J connectivity index is 0.000000917. The number of ketones is 1. The van der Waals surface area contributed by atoms with E-state index in [4.69, 9.17) is 9.90 Å². The highest BCUT2D eigenvalue weighted by Gasteiger charge is 2.35. The number of halogens is 1. The first-order valence-electron chi connectivity index (χ1n) is 11.8. The van der Waals surface area contributed by atoms with Gasteiger partial charge in [0.15, 0.2) is 5.78 Å². The number of fused-ring (bicyclic) bond motifs is 4. The van der Waals surface area contributed by atoms with E-state index in [0.717, 1.165) is 41.7 Å². The molecular formula is C26H29FN4O4. The van der Waals surface area contributed by atoms with E-state index in [1.54, 1.807) is 12.1 Å². The number of carboxylic acid groups (broad SMARTS) is 1. The Morgan fingerprint density at radius 2 is 1.83 bits per heavy atom. The molecule has 0 radical (unpaired) electrons. The van der Waals surface area contributed by atoms with E-state index in [1.807, 2.05) is 18.2 Å². The molecule has 0 aliphatic carbocycles. The van der Waals surface area contributed by atoms with Gasteiger partial charge in [0.05, 0.1) is 11.9 Å². The van der Waals surface area contributed by atoms with E-state index in [-0.39, 0.29) is 30.4 Å². The van der Waals surface area contributed by atoms with Crippen LogP contribution in [-0.4, -0.2) is 58.0 Å². The number of carbonyl (C=O) groups excluding carboxylic acids is 2. The highest BCUT2D eigenvalue weighted by atomic mass is 19.1. The molecule has 2 bridgehead atoms. The van der Waals surface area contributed by atoms with Crippen LogP contribution in [0.5, 0.6) is 0 Å². The maximum Gasteiger partial charge on any atom is 0.290 e. The van der Waals surface area contributed by atoms with E-state index in [1.165, 1.54) is 25.0 Å². The first-order chi connectivity index (χ1) is 17.0. The van der Waals surface area contributed by atoms with Gasteiger partial charge in [0.2, 0.25) is 5.91 Å². The summed E-state index contributed by atoms with van der Waals surface area (Å²) in [7, 11) is 0. The van der Waals surface area contributed by atoms with Crippen molar-refractivity contribution in [2.45, 2.75) is 32.2 Å².